The second-order valence-electron chi connectivity index (χ2n) is 4.88. The average Bonchev–Trinajstić information content (AvgIpc) is 2.18. The van der Waals surface area contributed by atoms with Crippen molar-refractivity contribution in [2.45, 2.75) is 32.2 Å². The lowest BCUT2D eigenvalue weighted by molar-refractivity contribution is -0.121. The van der Waals surface area contributed by atoms with Crippen LogP contribution in [0, 0.1) is 0 Å². The highest BCUT2D eigenvalue weighted by Crippen LogP contribution is 2.35. The molecule has 0 aromatic heterocycles. The van der Waals surface area contributed by atoms with Crippen molar-refractivity contribution in [3.63, 3.8) is 0 Å². The normalized spacial score (nSPS) is 19.9. The van der Waals surface area contributed by atoms with Gasteiger partial charge in [-0.3, -0.25) is 4.79 Å². The number of nitrogens with zero attached hydrogens (tertiary/aromatic N) is 1. The van der Waals surface area contributed by atoms with Crippen molar-refractivity contribution >= 4 is 27.4 Å². The van der Waals surface area contributed by atoms with E-state index in [1.807, 2.05) is 18.2 Å². The van der Waals surface area contributed by atoms with Crippen LogP contribution in [0.4, 0.5) is 5.69 Å². The molecule has 0 saturated carbocycles. The smallest absolute Gasteiger partial charge is 0.136 e. The summed E-state index contributed by atoms with van der Waals surface area (Å²) in [6, 6.07) is 8.19. The lowest BCUT2D eigenvalue weighted by Crippen LogP contribution is -2.50. The Morgan fingerprint density at radius 3 is 2.62 bits per heavy atom. The predicted octanol–water partition coefficient (Wildman–Crippen LogP) is 3.40. The molecule has 0 aliphatic carbocycles. The van der Waals surface area contributed by atoms with Crippen LogP contribution < -0.4 is 4.90 Å². The van der Waals surface area contributed by atoms with E-state index in [1.165, 1.54) is 5.69 Å². The highest BCUT2D eigenvalue weighted by atomic mass is 79.9. The van der Waals surface area contributed by atoms with Crippen molar-refractivity contribution in [1.82, 2.24) is 0 Å². The van der Waals surface area contributed by atoms with Crippen LogP contribution in [0.1, 0.15) is 26.7 Å². The summed E-state index contributed by atoms with van der Waals surface area (Å²) in [5.74, 6) is 0.369. The maximum Gasteiger partial charge on any atom is 0.136 e. The van der Waals surface area contributed by atoms with Crippen molar-refractivity contribution in [2.75, 3.05) is 11.4 Å². The molecule has 0 spiro atoms. The summed E-state index contributed by atoms with van der Waals surface area (Å²) in [5.41, 5.74) is 1.10. The number of para-hydroxylation sites is 1. The molecule has 0 bridgehead atoms. The van der Waals surface area contributed by atoms with Crippen LogP contribution >= 0.6 is 15.9 Å². The first-order valence-electron chi connectivity index (χ1n) is 5.54. The lowest BCUT2D eigenvalue weighted by Gasteiger charge is -2.43. The van der Waals surface area contributed by atoms with Gasteiger partial charge in [0.25, 0.3) is 0 Å². The van der Waals surface area contributed by atoms with Crippen LogP contribution in [-0.4, -0.2) is 17.9 Å². The van der Waals surface area contributed by atoms with Gasteiger partial charge in [-0.05, 0) is 41.9 Å². The summed E-state index contributed by atoms with van der Waals surface area (Å²) in [6.45, 7) is 5.07. The third kappa shape index (κ3) is 2.14. The fraction of sp³-hybridized carbons (Fsp3) is 0.462. The quantitative estimate of drug-likeness (QED) is 0.787. The number of carbonyl (C=O) groups excluding carboxylic acids is 1. The first-order chi connectivity index (χ1) is 7.50. The van der Waals surface area contributed by atoms with Crippen molar-refractivity contribution in [1.29, 1.82) is 0 Å². The molecule has 2 rings (SSSR count). The van der Waals surface area contributed by atoms with Crippen LogP contribution in [0.25, 0.3) is 0 Å². The number of hydrogen-bond donors (Lipinski definition) is 0. The topological polar surface area (TPSA) is 20.3 Å². The minimum absolute atomic E-state index is 0.0841. The van der Waals surface area contributed by atoms with E-state index in [0.717, 1.165) is 11.0 Å². The molecule has 86 valence electrons. The third-order valence-electron chi connectivity index (χ3n) is 3.12. The molecule has 0 atom stereocenters. The number of halogens is 1. The van der Waals surface area contributed by atoms with E-state index in [2.05, 4.69) is 40.7 Å². The minimum atomic E-state index is -0.0841. The van der Waals surface area contributed by atoms with Gasteiger partial charge in [0.1, 0.15) is 5.78 Å². The standard InChI is InChI=1S/C13H16BrNO/c1-13(2)9-10(16)7-8-15(13)12-6-4-3-5-11(12)14/h3-6H,7-9H2,1-2H3. The molecular formula is C13H16BrNO. The Bertz CT molecular complexity index is 414. The summed E-state index contributed by atoms with van der Waals surface area (Å²) in [7, 11) is 0. The predicted molar refractivity (Wildman–Crippen MR) is 69.8 cm³/mol. The number of hydrogen-bond acceptors (Lipinski definition) is 2. The highest BCUT2D eigenvalue weighted by molar-refractivity contribution is 9.10. The van der Waals surface area contributed by atoms with E-state index in [4.69, 9.17) is 0 Å². The van der Waals surface area contributed by atoms with Crippen LogP contribution in [0.2, 0.25) is 0 Å². The van der Waals surface area contributed by atoms with Gasteiger partial charge >= 0.3 is 0 Å². The van der Waals surface area contributed by atoms with Gasteiger partial charge in [0, 0.05) is 29.4 Å². The zero-order valence-corrected chi connectivity index (χ0v) is 11.3. The van der Waals surface area contributed by atoms with Crippen LogP contribution in [0.15, 0.2) is 28.7 Å². The molecule has 1 aliphatic rings. The van der Waals surface area contributed by atoms with Gasteiger partial charge in [-0.2, -0.15) is 0 Å². The average molecular weight is 282 g/mol. The summed E-state index contributed by atoms with van der Waals surface area (Å²) in [4.78, 5) is 13.8. The highest BCUT2D eigenvalue weighted by Gasteiger charge is 2.34. The SMILES string of the molecule is CC1(C)CC(=O)CCN1c1ccccc1Br. The van der Waals surface area contributed by atoms with Crippen molar-refractivity contribution in [3.8, 4) is 0 Å². The van der Waals surface area contributed by atoms with Gasteiger partial charge in [0.2, 0.25) is 0 Å². The number of Topliss-reactive ketones (excluding diaryl/α,β-unsaturated/α-hetero) is 1. The Balaban J connectivity index is 2.34. The molecule has 3 heteroatoms. The van der Waals surface area contributed by atoms with E-state index in [1.54, 1.807) is 0 Å². The summed E-state index contributed by atoms with van der Waals surface area (Å²) in [5, 5.41) is 0. The fourth-order valence-corrected chi connectivity index (χ4v) is 2.82. The minimum Gasteiger partial charge on any atom is -0.365 e. The number of benzene rings is 1. The lowest BCUT2D eigenvalue weighted by atomic mass is 9.89. The van der Waals surface area contributed by atoms with Gasteiger partial charge < -0.3 is 4.90 Å². The van der Waals surface area contributed by atoms with Crippen molar-refractivity contribution in [2.24, 2.45) is 0 Å². The first kappa shape index (κ1) is 11.6. The van der Waals surface area contributed by atoms with Crippen molar-refractivity contribution < 1.29 is 4.79 Å². The first-order valence-corrected chi connectivity index (χ1v) is 6.34. The van der Waals surface area contributed by atoms with Gasteiger partial charge in [-0.25, -0.2) is 0 Å². The molecule has 1 saturated heterocycles. The summed E-state index contributed by atoms with van der Waals surface area (Å²) in [6.07, 6.45) is 1.29. The molecule has 2 nitrogen and oxygen atoms in total. The van der Waals surface area contributed by atoms with E-state index >= 15 is 0 Å². The molecule has 0 N–H and O–H groups in total. The Hall–Kier alpha value is -0.830. The van der Waals surface area contributed by atoms with Gasteiger partial charge in [0.05, 0.1) is 5.69 Å². The number of anilines is 1. The van der Waals surface area contributed by atoms with Gasteiger partial charge in [-0.15, -0.1) is 0 Å². The molecular weight excluding hydrogens is 266 g/mol. The largest absolute Gasteiger partial charge is 0.365 e. The molecule has 1 aliphatic heterocycles. The van der Waals surface area contributed by atoms with E-state index in [9.17, 15) is 4.79 Å². The Labute approximate surface area is 105 Å². The molecule has 0 unspecified atom stereocenters. The van der Waals surface area contributed by atoms with Crippen LogP contribution in [0.3, 0.4) is 0 Å². The Kier molecular flexibility index (Phi) is 3.06. The second-order valence-corrected chi connectivity index (χ2v) is 5.74. The monoisotopic (exact) mass is 281 g/mol. The molecule has 1 fully saturated rings. The number of ketones is 1. The van der Waals surface area contributed by atoms with Gasteiger partial charge in [-0.1, -0.05) is 12.1 Å². The molecule has 0 amide bonds. The van der Waals surface area contributed by atoms with Crippen LogP contribution in [0.5, 0.6) is 0 Å². The summed E-state index contributed by atoms with van der Waals surface area (Å²) < 4.78 is 1.09. The van der Waals surface area contributed by atoms with E-state index in [-0.39, 0.29) is 5.54 Å². The molecule has 1 heterocycles. The summed E-state index contributed by atoms with van der Waals surface area (Å²) >= 11 is 3.57. The molecule has 0 radical (unpaired) electrons. The number of piperidine rings is 1. The number of carbonyl (C=O) groups is 1. The van der Waals surface area contributed by atoms with E-state index in [0.29, 0.717) is 18.6 Å². The molecule has 1 aromatic carbocycles. The Morgan fingerprint density at radius 1 is 1.31 bits per heavy atom. The van der Waals surface area contributed by atoms with Gasteiger partial charge in [0.15, 0.2) is 0 Å². The molecule has 16 heavy (non-hydrogen) atoms. The van der Waals surface area contributed by atoms with E-state index < -0.39 is 0 Å². The zero-order valence-electron chi connectivity index (χ0n) is 9.66. The Morgan fingerprint density at radius 2 is 2.00 bits per heavy atom. The maximum atomic E-state index is 11.5. The third-order valence-corrected chi connectivity index (χ3v) is 3.79. The number of rotatable bonds is 1. The molecule has 1 aromatic rings. The van der Waals surface area contributed by atoms with Crippen LogP contribution in [-0.2, 0) is 4.79 Å². The van der Waals surface area contributed by atoms with Crippen molar-refractivity contribution in [3.05, 3.63) is 28.7 Å². The fourth-order valence-electron chi connectivity index (χ4n) is 2.32. The maximum absolute atomic E-state index is 11.5. The zero-order chi connectivity index (χ0) is 11.8. The second kappa shape index (κ2) is 4.21.